The molecular formula is C31H30NO. The minimum atomic E-state index is -0.311. The maximum absolute atomic E-state index is 14.4. The van der Waals surface area contributed by atoms with Gasteiger partial charge in [0.1, 0.15) is 0 Å². The van der Waals surface area contributed by atoms with Crippen LogP contribution >= 0.6 is 0 Å². The molecule has 1 radical (unpaired) electrons. The molecule has 1 heterocycles. The molecule has 33 heavy (non-hydrogen) atoms. The summed E-state index contributed by atoms with van der Waals surface area (Å²) in [6, 6.07) is 29.2. The van der Waals surface area contributed by atoms with Crippen LogP contribution in [0.4, 0.5) is 0 Å². The molecule has 0 spiro atoms. The van der Waals surface area contributed by atoms with Crippen LogP contribution < -0.4 is 0 Å². The number of nitrogens with zero attached hydrogens (tertiary/aromatic N) is 1. The van der Waals surface area contributed by atoms with E-state index in [0.717, 1.165) is 11.1 Å². The molecule has 1 fully saturated rings. The van der Waals surface area contributed by atoms with Gasteiger partial charge < -0.3 is 0 Å². The highest BCUT2D eigenvalue weighted by Gasteiger charge is 2.41. The molecule has 0 unspecified atom stereocenters. The van der Waals surface area contributed by atoms with Crippen LogP contribution in [0.5, 0.6) is 0 Å². The lowest BCUT2D eigenvalue weighted by Gasteiger charge is -2.41. The van der Waals surface area contributed by atoms with E-state index in [0.29, 0.717) is 5.92 Å². The topological polar surface area (TPSA) is 23.1 Å². The first-order valence-corrected chi connectivity index (χ1v) is 12.4. The number of rotatable bonds is 3. The van der Waals surface area contributed by atoms with E-state index in [4.69, 9.17) is 0 Å². The summed E-state index contributed by atoms with van der Waals surface area (Å²) >= 11 is 0. The van der Waals surface area contributed by atoms with Gasteiger partial charge in [-0.15, -0.1) is 10.3 Å². The lowest BCUT2D eigenvalue weighted by Crippen LogP contribution is -2.35. The molecule has 1 aliphatic carbocycles. The van der Waals surface area contributed by atoms with Crippen molar-refractivity contribution in [1.29, 1.82) is 0 Å². The second-order valence-electron chi connectivity index (χ2n) is 9.78. The summed E-state index contributed by atoms with van der Waals surface area (Å²) in [5.74, 6) is 0.541. The molecule has 6 rings (SSSR count). The molecule has 0 bridgehead atoms. The highest BCUT2D eigenvalue weighted by Crippen LogP contribution is 2.52. The second-order valence-corrected chi connectivity index (χ2v) is 9.78. The minimum absolute atomic E-state index is 0.300. The SMILES string of the molecule is Cc1ccc2ccc(C3CCCCC3)c3c2c1[C@H](c1ccccc1)N([O])[C@H]3c1ccccc1. The van der Waals surface area contributed by atoms with Crippen molar-refractivity contribution in [2.45, 2.75) is 57.0 Å². The molecule has 2 atom stereocenters. The summed E-state index contributed by atoms with van der Waals surface area (Å²) < 4.78 is 0. The predicted octanol–water partition coefficient (Wildman–Crippen LogP) is 8.04. The van der Waals surface area contributed by atoms with Gasteiger partial charge in [-0.2, -0.15) is 0 Å². The fraction of sp³-hybridized carbons (Fsp3) is 0.290. The third kappa shape index (κ3) is 3.40. The number of hydroxylamine groups is 2. The van der Waals surface area contributed by atoms with Gasteiger partial charge in [0, 0.05) is 0 Å². The van der Waals surface area contributed by atoms with Gasteiger partial charge in [0.25, 0.3) is 0 Å². The van der Waals surface area contributed by atoms with E-state index in [1.165, 1.54) is 70.2 Å². The summed E-state index contributed by atoms with van der Waals surface area (Å²) in [4.78, 5) is 0. The molecule has 0 amide bonds. The van der Waals surface area contributed by atoms with Gasteiger partial charge in [-0.3, -0.25) is 0 Å². The molecule has 0 N–H and O–H groups in total. The van der Waals surface area contributed by atoms with E-state index in [1.807, 2.05) is 24.3 Å². The lowest BCUT2D eigenvalue weighted by molar-refractivity contribution is -0.204. The van der Waals surface area contributed by atoms with Gasteiger partial charge in [-0.25, -0.2) is 0 Å². The van der Waals surface area contributed by atoms with E-state index in [9.17, 15) is 5.21 Å². The van der Waals surface area contributed by atoms with Crippen LogP contribution in [0.2, 0.25) is 0 Å². The maximum atomic E-state index is 14.4. The summed E-state index contributed by atoms with van der Waals surface area (Å²) in [5.41, 5.74) is 7.20. The zero-order valence-electron chi connectivity index (χ0n) is 19.2. The molecule has 0 saturated heterocycles. The fourth-order valence-electron chi connectivity index (χ4n) is 6.31. The van der Waals surface area contributed by atoms with Crippen molar-refractivity contribution >= 4 is 10.8 Å². The van der Waals surface area contributed by atoms with Crippen LogP contribution in [-0.4, -0.2) is 5.06 Å². The average Bonchev–Trinajstić information content (AvgIpc) is 2.87. The molecule has 4 aromatic carbocycles. The Morgan fingerprint density at radius 2 is 1.24 bits per heavy atom. The highest BCUT2D eigenvalue weighted by atomic mass is 16.5. The van der Waals surface area contributed by atoms with E-state index in [2.05, 4.69) is 67.6 Å². The third-order valence-corrected chi connectivity index (χ3v) is 7.85. The molecule has 1 saturated carbocycles. The first-order valence-electron chi connectivity index (χ1n) is 12.4. The van der Waals surface area contributed by atoms with E-state index >= 15 is 0 Å². The Kier molecular flexibility index (Phi) is 5.28. The van der Waals surface area contributed by atoms with Gasteiger partial charge >= 0.3 is 0 Å². The van der Waals surface area contributed by atoms with E-state index in [-0.39, 0.29) is 12.1 Å². The van der Waals surface area contributed by atoms with Gasteiger partial charge in [-0.05, 0) is 69.8 Å². The first-order chi connectivity index (χ1) is 16.2. The molecular weight excluding hydrogens is 402 g/mol. The van der Waals surface area contributed by atoms with Crippen LogP contribution in [0.25, 0.3) is 10.8 Å². The van der Waals surface area contributed by atoms with Crippen LogP contribution in [0.15, 0.2) is 84.9 Å². The van der Waals surface area contributed by atoms with Crippen molar-refractivity contribution in [2.24, 2.45) is 0 Å². The van der Waals surface area contributed by atoms with Crippen LogP contribution in [0.3, 0.4) is 0 Å². The van der Waals surface area contributed by atoms with Crippen molar-refractivity contribution in [2.75, 3.05) is 0 Å². The molecule has 2 heteroatoms. The summed E-state index contributed by atoms with van der Waals surface area (Å²) in [6.07, 6.45) is 6.35. The van der Waals surface area contributed by atoms with E-state index < -0.39 is 0 Å². The monoisotopic (exact) mass is 432 g/mol. The Morgan fingerprint density at radius 3 is 1.88 bits per heavy atom. The largest absolute Gasteiger partial charge is 0.131 e. The number of benzene rings is 4. The summed E-state index contributed by atoms with van der Waals surface area (Å²) in [7, 11) is 0. The minimum Gasteiger partial charge on any atom is -0.131 e. The van der Waals surface area contributed by atoms with Gasteiger partial charge in [0.15, 0.2) is 0 Å². The average molecular weight is 433 g/mol. The van der Waals surface area contributed by atoms with Crippen LogP contribution in [0, 0.1) is 6.92 Å². The highest BCUT2D eigenvalue weighted by molar-refractivity contribution is 5.93. The third-order valence-electron chi connectivity index (χ3n) is 7.85. The van der Waals surface area contributed by atoms with Crippen molar-refractivity contribution < 1.29 is 5.21 Å². The summed E-state index contributed by atoms with van der Waals surface area (Å²) in [6.45, 7) is 2.17. The first kappa shape index (κ1) is 20.7. The summed E-state index contributed by atoms with van der Waals surface area (Å²) in [5, 5.41) is 18.4. The van der Waals surface area contributed by atoms with Crippen molar-refractivity contribution in [1.82, 2.24) is 5.06 Å². The Hall–Kier alpha value is -2.94. The maximum Gasteiger partial charge on any atom is 0.0902 e. The standard InChI is InChI=1S/C31H30NO/c1-21-17-18-23-19-20-26(22-11-5-2-6-12-22)29-28(23)27(21)30(24-13-7-3-8-14-24)32(33)31(29)25-15-9-4-10-16-25/h3-4,7-10,13-20,22,30-31H,2,5-6,11-12H2,1H3/t30-,31-/m0/s1. The normalized spacial score (nSPS) is 21.4. The zero-order chi connectivity index (χ0) is 22.4. The fourth-order valence-corrected chi connectivity index (χ4v) is 6.31. The zero-order valence-corrected chi connectivity index (χ0v) is 19.2. The van der Waals surface area contributed by atoms with E-state index in [1.54, 1.807) is 0 Å². The quantitative estimate of drug-likeness (QED) is 0.321. The lowest BCUT2D eigenvalue weighted by atomic mass is 9.74. The van der Waals surface area contributed by atoms with Gasteiger partial charge in [0.05, 0.1) is 12.1 Å². The Balaban J connectivity index is 1.70. The van der Waals surface area contributed by atoms with Crippen molar-refractivity contribution in [3.8, 4) is 0 Å². The number of aryl methyl sites for hydroxylation is 1. The molecule has 2 nitrogen and oxygen atoms in total. The molecule has 0 aromatic heterocycles. The smallest absolute Gasteiger partial charge is 0.0902 e. The molecule has 1 aliphatic heterocycles. The van der Waals surface area contributed by atoms with Crippen LogP contribution in [0.1, 0.15) is 83.5 Å². The Bertz CT molecular complexity index is 1270. The van der Waals surface area contributed by atoms with Crippen molar-refractivity contribution in [3.63, 3.8) is 0 Å². The Morgan fingerprint density at radius 1 is 0.667 bits per heavy atom. The molecule has 165 valence electrons. The predicted molar refractivity (Wildman–Crippen MR) is 134 cm³/mol. The molecule has 2 aliphatic rings. The van der Waals surface area contributed by atoms with Gasteiger partial charge in [0.2, 0.25) is 0 Å². The molecule has 4 aromatic rings. The number of hydrogen-bond donors (Lipinski definition) is 0. The Labute approximate surface area is 196 Å². The number of hydrogen-bond acceptors (Lipinski definition) is 1. The van der Waals surface area contributed by atoms with Crippen molar-refractivity contribution in [3.05, 3.63) is 118 Å². The van der Waals surface area contributed by atoms with Gasteiger partial charge in [-0.1, -0.05) is 104 Å². The second kappa shape index (κ2) is 8.44. The van der Waals surface area contributed by atoms with Crippen LogP contribution in [-0.2, 0) is 5.21 Å².